The molecule has 2 aliphatic heterocycles. The van der Waals surface area contributed by atoms with Gasteiger partial charge in [0.1, 0.15) is 12.2 Å². The van der Waals surface area contributed by atoms with Crippen molar-refractivity contribution in [2.24, 2.45) is 10.9 Å². The van der Waals surface area contributed by atoms with Crippen LogP contribution in [-0.2, 0) is 0 Å². The van der Waals surface area contributed by atoms with Crippen LogP contribution in [-0.4, -0.2) is 77.8 Å². The molecule has 1 atom stereocenters. The maximum Gasteiger partial charge on any atom is 0.193 e. The standard InChI is InChI=1S/C16H29N7/c1-17-16(18-10-13-4-3-7-22(2)11-13)23-8-5-14(6-9-23)15-19-12-20-21-15/h12-14H,3-11H2,1-2H3,(H,17,18)(H,19,20,21). The number of nitrogens with one attached hydrogen (secondary N) is 2. The van der Waals surface area contributed by atoms with E-state index >= 15 is 0 Å². The molecule has 23 heavy (non-hydrogen) atoms. The molecule has 0 aliphatic carbocycles. The fourth-order valence-electron chi connectivity index (χ4n) is 3.78. The van der Waals surface area contributed by atoms with Gasteiger partial charge in [-0.25, -0.2) is 4.98 Å². The summed E-state index contributed by atoms with van der Waals surface area (Å²) in [5.74, 6) is 3.31. The van der Waals surface area contributed by atoms with Gasteiger partial charge in [-0.1, -0.05) is 0 Å². The third-order valence-electron chi connectivity index (χ3n) is 5.10. The third-order valence-corrected chi connectivity index (χ3v) is 5.10. The van der Waals surface area contributed by atoms with E-state index in [0.29, 0.717) is 5.92 Å². The van der Waals surface area contributed by atoms with E-state index in [0.717, 1.165) is 50.2 Å². The molecule has 0 spiro atoms. The van der Waals surface area contributed by atoms with Crippen molar-refractivity contribution < 1.29 is 0 Å². The van der Waals surface area contributed by atoms with E-state index in [4.69, 9.17) is 0 Å². The summed E-state index contributed by atoms with van der Waals surface area (Å²) in [5, 5.41) is 10.6. The van der Waals surface area contributed by atoms with E-state index in [1.807, 2.05) is 7.05 Å². The van der Waals surface area contributed by atoms with Gasteiger partial charge in [-0.05, 0) is 45.2 Å². The summed E-state index contributed by atoms with van der Waals surface area (Å²) in [5.41, 5.74) is 0. The first-order chi connectivity index (χ1) is 11.3. The van der Waals surface area contributed by atoms with E-state index in [1.165, 1.54) is 25.9 Å². The number of guanidine groups is 1. The molecule has 2 saturated heterocycles. The van der Waals surface area contributed by atoms with Crippen LogP contribution in [0.4, 0.5) is 0 Å². The highest BCUT2D eigenvalue weighted by Gasteiger charge is 2.25. The van der Waals surface area contributed by atoms with Gasteiger partial charge < -0.3 is 15.1 Å². The number of piperidine rings is 2. The van der Waals surface area contributed by atoms with Crippen LogP contribution in [0, 0.1) is 5.92 Å². The van der Waals surface area contributed by atoms with Crippen molar-refractivity contribution in [2.45, 2.75) is 31.6 Å². The Morgan fingerprint density at radius 3 is 2.83 bits per heavy atom. The van der Waals surface area contributed by atoms with Crippen LogP contribution in [0.5, 0.6) is 0 Å². The first-order valence-electron chi connectivity index (χ1n) is 8.75. The number of H-pyrrole nitrogens is 1. The van der Waals surface area contributed by atoms with E-state index < -0.39 is 0 Å². The monoisotopic (exact) mass is 319 g/mol. The predicted octanol–water partition coefficient (Wildman–Crippen LogP) is 0.901. The van der Waals surface area contributed by atoms with Crippen molar-refractivity contribution >= 4 is 5.96 Å². The Morgan fingerprint density at radius 2 is 2.17 bits per heavy atom. The van der Waals surface area contributed by atoms with Crippen molar-refractivity contribution in [1.29, 1.82) is 0 Å². The normalized spacial score (nSPS) is 24.9. The summed E-state index contributed by atoms with van der Waals surface area (Å²) in [7, 11) is 4.10. The molecular formula is C16H29N7. The summed E-state index contributed by atoms with van der Waals surface area (Å²) < 4.78 is 0. The molecule has 1 aromatic heterocycles. The van der Waals surface area contributed by atoms with Crippen molar-refractivity contribution in [1.82, 2.24) is 30.3 Å². The van der Waals surface area contributed by atoms with Crippen LogP contribution in [0.2, 0.25) is 0 Å². The van der Waals surface area contributed by atoms with Crippen LogP contribution >= 0.6 is 0 Å². The number of aromatic nitrogens is 3. The second-order valence-corrected chi connectivity index (χ2v) is 6.83. The Kier molecular flexibility index (Phi) is 5.48. The van der Waals surface area contributed by atoms with E-state index in [2.05, 4.69) is 42.3 Å². The van der Waals surface area contributed by atoms with Gasteiger partial charge in [0.15, 0.2) is 5.96 Å². The summed E-state index contributed by atoms with van der Waals surface area (Å²) >= 11 is 0. The Labute approximate surface area is 138 Å². The smallest absolute Gasteiger partial charge is 0.193 e. The number of rotatable bonds is 3. The molecule has 128 valence electrons. The zero-order valence-corrected chi connectivity index (χ0v) is 14.3. The first kappa shape index (κ1) is 16.2. The minimum absolute atomic E-state index is 0.499. The molecule has 0 saturated carbocycles. The average Bonchev–Trinajstić information content (AvgIpc) is 3.11. The summed E-state index contributed by atoms with van der Waals surface area (Å²) in [6, 6.07) is 0. The molecule has 3 heterocycles. The Balaban J connectivity index is 1.46. The summed E-state index contributed by atoms with van der Waals surface area (Å²) in [6.45, 7) is 5.50. The van der Waals surface area contributed by atoms with Gasteiger partial charge in [-0.3, -0.25) is 10.1 Å². The number of aliphatic imine (C=N–C) groups is 1. The largest absolute Gasteiger partial charge is 0.356 e. The fraction of sp³-hybridized carbons (Fsp3) is 0.812. The molecule has 2 N–H and O–H groups in total. The maximum absolute atomic E-state index is 4.48. The summed E-state index contributed by atoms with van der Waals surface area (Å²) in [4.78, 5) is 13.6. The topological polar surface area (TPSA) is 72.4 Å². The number of hydrogen-bond acceptors (Lipinski definition) is 4. The minimum atomic E-state index is 0.499. The Bertz CT molecular complexity index is 491. The average molecular weight is 319 g/mol. The highest BCUT2D eigenvalue weighted by atomic mass is 15.3. The molecule has 0 bridgehead atoms. The zero-order valence-electron chi connectivity index (χ0n) is 14.3. The molecule has 1 unspecified atom stereocenters. The molecule has 7 nitrogen and oxygen atoms in total. The van der Waals surface area contributed by atoms with Crippen LogP contribution < -0.4 is 5.32 Å². The van der Waals surface area contributed by atoms with Crippen LogP contribution in [0.1, 0.15) is 37.4 Å². The Hall–Kier alpha value is -1.63. The lowest BCUT2D eigenvalue weighted by Gasteiger charge is -2.35. The van der Waals surface area contributed by atoms with E-state index in [1.54, 1.807) is 6.33 Å². The molecule has 0 aromatic carbocycles. The fourth-order valence-corrected chi connectivity index (χ4v) is 3.78. The predicted molar refractivity (Wildman–Crippen MR) is 91.5 cm³/mol. The molecule has 1 aromatic rings. The maximum atomic E-state index is 4.48. The van der Waals surface area contributed by atoms with Crippen molar-refractivity contribution in [3.63, 3.8) is 0 Å². The highest BCUT2D eigenvalue weighted by Crippen LogP contribution is 2.25. The van der Waals surface area contributed by atoms with Crippen LogP contribution in [0.25, 0.3) is 0 Å². The number of likely N-dealkylation sites (tertiary alicyclic amines) is 2. The Morgan fingerprint density at radius 1 is 1.35 bits per heavy atom. The van der Waals surface area contributed by atoms with Gasteiger partial charge in [0.2, 0.25) is 0 Å². The van der Waals surface area contributed by atoms with Crippen molar-refractivity contribution in [3.8, 4) is 0 Å². The van der Waals surface area contributed by atoms with Gasteiger partial charge in [0, 0.05) is 39.1 Å². The second kappa shape index (κ2) is 7.77. The van der Waals surface area contributed by atoms with E-state index in [9.17, 15) is 0 Å². The van der Waals surface area contributed by atoms with Gasteiger partial charge in [-0.2, -0.15) is 5.10 Å². The van der Waals surface area contributed by atoms with Crippen LogP contribution in [0.15, 0.2) is 11.3 Å². The minimum Gasteiger partial charge on any atom is -0.356 e. The molecule has 0 radical (unpaired) electrons. The SMILES string of the molecule is CN=C(NCC1CCCN(C)C1)N1CCC(c2ncn[nH]2)CC1. The molecule has 2 aliphatic rings. The van der Waals surface area contributed by atoms with Crippen LogP contribution in [0.3, 0.4) is 0 Å². The molecule has 3 rings (SSSR count). The highest BCUT2D eigenvalue weighted by molar-refractivity contribution is 5.80. The van der Waals surface area contributed by atoms with Crippen molar-refractivity contribution in [3.05, 3.63) is 12.2 Å². The lowest BCUT2D eigenvalue weighted by atomic mass is 9.96. The summed E-state index contributed by atoms with van der Waals surface area (Å²) in [6.07, 6.45) is 6.43. The quantitative estimate of drug-likeness (QED) is 0.640. The number of hydrogen-bond donors (Lipinski definition) is 2. The van der Waals surface area contributed by atoms with E-state index in [-0.39, 0.29) is 0 Å². The zero-order chi connectivity index (χ0) is 16.1. The number of aromatic amines is 1. The molecule has 2 fully saturated rings. The van der Waals surface area contributed by atoms with Gasteiger partial charge >= 0.3 is 0 Å². The molecular weight excluding hydrogens is 290 g/mol. The third kappa shape index (κ3) is 4.22. The first-order valence-corrected chi connectivity index (χ1v) is 8.75. The molecule has 7 heteroatoms. The second-order valence-electron chi connectivity index (χ2n) is 6.83. The van der Waals surface area contributed by atoms with Gasteiger partial charge in [-0.15, -0.1) is 0 Å². The van der Waals surface area contributed by atoms with Gasteiger partial charge in [0.25, 0.3) is 0 Å². The number of nitrogens with zero attached hydrogens (tertiary/aromatic N) is 5. The van der Waals surface area contributed by atoms with Gasteiger partial charge in [0.05, 0.1) is 0 Å². The van der Waals surface area contributed by atoms with Crippen molar-refractivity contribution in [2.75, 3.05) is 46.8 Å². The molecule has 0 amide bonds. The lowest BCUT2D eigenvalue weighted by molar-refractivity contribution is 0.208. The lowest BCUT2D eigenvalue weighted by Crippen LogP contribution is -2.48.